The third-order valence-corrected chi connectivity index (χ3v) is 7.31. The van der Waals surface area contributed by atoms with E-state index in [0.29, 0.717) is 17.9 Å². The van der Waals surface area contributed by atoms with Crippen molar-refractivity contribution in [1.29, 1.82) is 0 Å². The van der Waals surface area contributed by atoms with Crippen molar-refractivity contribution in [3.63, 3.8) is 0 Å². The molecule has 2 amide bonds. The van der Waals surface area contributed by atoms with E-state index in [1.165, 1.54) is 6.07 Å². The van der Waals surface area contributed by atoms with Crippen molar-refractivity contribution in [3.8, 4) is 0 Å². The van der Waals surface area contributed by atoms with Crippen LogP contribution in [0.25, 0.3) is 0 Å². The lowest BCUT2D eigenvalue weighted by Gasteiger charge is -2.41. The first-order valence-corrected chi connectivity index (χ1v) is 11.6. The third kappa shape index (κ3) is 4.43. The Bertz CT molecular complexity index is 837. The molecular formula is C24H34FN3O3. The molecule has 170 valence electrons. The van der Waals surface area contributed by atoms with E-state index in [1.54, 1.807) is 26.0 Å². The van der Waals surface area contributed by atoms with Gasteiger partial charge in [-0.2, -0.15) is 0 Å². The highest BCUT2D eigenvalue weighted by Gasteiger charge is 2.50. The molecule has 1 aliphatic carbocycles. The number of rotatable bonds is 4. The van der Waals surface area contributed by atoms with Crippen LogP contribution in [0.15, 0.2) is 18.2 Å². The summed E-state index contributed by atoms with van der Waals surface area (Å²) in [6.45, 7) is 5.61. The number of benzene rings is 1. The molecule has 1 unspecified atom stereocenters. The molecule has 3 aliphatic rings. The normalized spacial score (nSPS) is 29.1. The highest BCUT2D eigenvalue weighted by molar-refractivity contribution is 5.92. The fourth-order valence-corrected chi connectivity index (χ4v) is 5.41. The molecule has 0 aromatic heterocycles. The Morgan fingerprint density at radius 1 is 1.19 bits per heavy atom. The second kappa shape index (κ2) is 8.77. The monoisotopic (exact) mass is 431 g/mol. The van der Waals surface area contributed by atoms with Crippen LogP contribution in [0.2, 0.25) is 0 Å². The van der Waals surface area contributed by atoms with E-state index in [9.17, 15) is 19.1 Å². The molecule has 0 radical (unpaired) electrons. The lowest BCUT2D eigenvalue weighted by molar-refractivity contribution is -0.139. The van der Waals surface area contributed by atoms with Gasteiger partial charge in [-0.05, 0) is 63.1 Å². The lowest BCUT2D eigenvalue weighted by atomic mass is 9.78. The molecule has 1 saturated carbocycles. The quantitative estimate of drug-likeness (QED) is 0.765. The van der Waals surface area contributed by atoms with Crippen molar-refractivity contribution in [2.75, 3.05) is 29.9 Å². The highest BCUT2D eigenvalue weighted by Crippen LogP contribution is 2.43. The average Bonchev–Trinajstić information content (AvgIpc) is 3.04. The number of carbonyl (C=O) groups excluding carboxylic acids is 2. The van der Waals surface area contributed by atoms with Crippen molar-refractivity contribution in [2.45, 2.75) is 70.9 Å². The van der Waals surface area contributed by atoms with Crippen LogP contribution < -0.4 is 10.2 Å². The molecule has 2 heterocycles. The van der Waals surface area contributed by atoms with Gasteiger partial charge in [0.2, 0.25) is 11.8 Å². The maximum atomic E-state index is 15.0. The van der Waals surface area contributed by atoms with Crippen LogP contribution in [0.1, 0.15) is 58.8 Å². The molecular weight excluding hydrogens is 397 g/mol. The molecule has 1 atom stereocenters. The zero-order valence-corrected chi connectivity index (χ0v) is 18.6. The van der Waals surface area contributed by atoms with Crippen molar-refractivity contribution >= 4 is 23.2 Å². The number of likely N-dealkylation sites (tertiary alicyclic amines) is 1. The molecule has 1 spiro atoms. The van der Waals surface area contributed by atoms with E-state index in [1.807, 2.05) is 9.80 Å². The molecule has 0 bridgehead atoms. The second-order valence-electron chi connectivity index (χ2n) is 9.83. The fraction of sp³-hybridized carbons (Fsp3) is 0.667. The number of hydrogen-bond donors (Lipinski definition) is 2. The van der Waals surface area contributed by atoms with E-state index in [-0.39, 0.29) is 35.7 Å². The smallest absolute Gasteiger partial charge is 0.230 e. The number of nitrogens with one attached hydrogen (secondary N) is 1. The van der Waals surface area contributed by atoms with Gasteiger partial charge in [0.05, 0.1) is 17.2 Å². The second-order valence-corrected chi connectivity index (χ2v) is 9.83. The zero-order chi connectivity index (χ0) is 22.2. The summed E-state index contributed by atoms with van der Waals surface area (Å²) in [7, 11) is 0. The summed E-state index contributed by atoms with van der Waals surface area (Å²) in [6, 6.07) is 5.04. The Kier molecular flexibility index (Phi) is 6.24. The molecule has 31 heavy (non-hydrogen) atoms. The van der Waals surface area contributed by atoms with Gasteiger partial charge in [-0.15, -0.1) is 0 Å². The number of halogens is 1. The van der Waals surface area contributed by atoms with Gasteiger partial charge in [0, 0.05) is 37.3 Å². The van der Waals surface area contributed by atoms with E-state index < -0.39 is 5.41 Å². The van der Waals surface area contributed by atoms with E-state index in [4.69, 9.17) is 0 Å². The molecule has 1 aromatic rings. The number of piperidine rings is 1. The van der Waals surface area contributed by atoms with E-state index in [2.05, 4.69) is 5.32 Å². The third-order valence-electron chi connectivity index (χ3n) is 7.31. The lowest BCUT2D eigenvalue weighted by Crippen LogP contribution is -2.50. The van der Waals surface area contributed by atoms with E-state index >= 15 is 0 Å². The SMILES string of the molecule is CC(C)C(=O)Nc1ccc(N2CCCC3(CCN([C@H]4CC[C@H](O)CC4)C3=O)C2)c(F)c1. The number of amides is 2. The first kappa shape index (κ1) is 22.1. The van der Waals surface area contributed by atoms with Crippen LogP contribution in [0, 0.1) is 17.2 Å². The zero-order valence-electron chi connectivity index (χ0n) is 18.6. The van der Waals surface area contributed by atoms with Crippen LogP contribution >= 0.6 is 0 Å². The maximum Gasteiger partial charge on any atom is 0.230 e. The average molecular weight is 432 g/mol. The fourth-order valence-electron chi connectivity index (χ4n) is 5.41. The minimum Gasteiger partial charge on any atom is -0.393 e. The van der Waals surface area contributed by atoms with Crippen LogP contribution in [-0.2, 0) is 9.59 Å². The number of hydrogen-bond acceptors (Lipinski definition) is 4. The number of carbonyl (C=O) groups is 2. The van der Waals surface area contributed by atoms with Crippen LogP contribution in [0.4, 0.5) is 15.8 Å². The Balaban J connectivity index is 1.46. The number of aliphatic hydroxyl groups is 1. The molecule has 2 aliphatic heterocycles. The Morgan fingerprint density at radius 2 is 1.94 bits per heavy atom. The van der Waals surface area contributed by atoms with Gasteiger partial charge in [-0.25, -0.2) is 4.39 Å². The van der Waals surface area contributed by atoms with Gasteiger partial charge >= 0.3 is 0 Å². The molecule has 2 saturated heterocycles. The first-order chi connectivity index (χ1) is 14.8. The summed E-state index contributed by atoms with van der Waals surface area (Å²) in [5.74, 6) is -0.480. The molecule has 1 aromatic carbocycles. The largest absolute Gasteiger partial charge is 0.393 e. The van der Waals surface area contributed by atoms with Crippen LogP contribution in [-0.4, -0.2) is 53.6 Å². The Hall–Kier alpha value is -2.15. The summed E-state index contributed by atoms with van der Waals surface area (Å²) >= 11 is 0. The molecule has 3 fully saturated rings. The van der Waals surface area contributed by atoms with Crippen LogP contribution in [0.3, 0.4) is 0 Å². The Morgan fingerprint density at radius 3 is 2.61 bits per heavy atom. The summed E-state index contributed by atoms with van der Waals surface area (Å²) in [5, 5.41) is 12.5. The van der Waals surface area contributed by atoms with Crippen LogP contribution in [0.5, 0.6) is 0 Å². The van der Waals surface area contributed by atoms with Gasteiger partial charge in [0.15, 0.2) is 0 Å². The van der Waals surface area contributed by atoms with Crippen molar-refractivity contribution in [2.24, 2.45) is 11.3 Å². The van der Waals surface area contributed by atoms with Gasteiger partial charge < -0.3 is 20.2 Å². The summed E-state index contributed by atoms with van der Waals surface area (Å²) in [5.41, 5.74) is 0.508. The highest BCUT2D eigenvalue weighted by atomic mass is 19.1. The summed E-state index contributed by atoms with van der Waals surface area (Å²) in [6.07, 6.45) is 5.54. The minimum atomic E-state index is -0.439. The van der Waals surface area contributed by atoms with Crippen molar-refractivity contribution < 1.29 is 19.1 Å². The number of aliphatic hydroxyl groups excluding tert-OH is 1. The Labute approximate surface area is 183 Å². The summed E-state index contributed by atoms with van der Waals surface area (Å²) < 4.78 is 15.0. The van der Waals surface area contributed by atoms with Gasteiger partial charge in [0.1, 0.15) is 5.82 Å². The maximum absolute atomic E-state index is 15.0. The topological polar surface area (TPSA) is 72.9 Å². The van der Waals surface area contributed by atoms with E-state index in [0.717, 1.165) is 58.0 Å². The standard InChI is InChI=1S/C24H34FN3O3/c1-16(2)22(30)26-17-4-9-21(20(25)14-17)27-12-3-10-24(15-27)11-13-28(23(24)31)18-5-7-19(29)8-6-18/h4,9,14,16,18-19,29H,3,5-8,10-13,15H2,1-2H3,(H,26,30)/t18-,19-,24?. The molecule has 6 nitrogen and oxygen atoms in total. The predicted molar refractivity (Wildman–Crippen MR) is 118 cm³/mol. The van der Waals surface area contributed by atoms with Crippen molar-refractivity contribution in [1.82, 2.24) is 4.90 Å². The predicted octanol–water partition coefficient (Wildman–Crippen LogP) is 3.54. The van der Waals surface area contributed by atoms with Gasteiger partial charge in [-0.1, -0.05) is 13.8 Å². The van der Waals surface area contributed by atoms with Crippen molar-refractivity contribution in [3.05, 3.63) is 24.0 Å². The summed E-state index contributed by atoms with van der Waals surface area (Å²) in [4.78, 5) is 29.4. The molecule has 4 rings (SSSR count). The molecule has 2 N–H and O–H groups in total. The van der Waals surface area contributed by atoms with Gasteiger partial charge in [0.25, 0.3) is 0 Å². The first-order valence-electron chi connectivity index (χ1n) is 11.6. The molecule has 7 heteroatoms. The minimum absolute atomic E-state index is 0.143. The van der Waals surface area contributed by atoms with Gasteiger partial charge in [-0.3, -0.25) is 9.59 Å². The number of nitrogens with zero attached hydrogens (tertiary/aromatic N) is 2. The number of anilines is 2.